The van der Waals surface area contributed by atoms with Gasteiger partial charge in [-0.05, 0) is 55.0 Å². The number of halogens is 1. The topological polar surface area (TPSA) is 69.6 Å². The van der Waals surface area contributed by atoms with E-state index in [1.54, 1.807) is 49.1 Å². The van der Waals surface area contributed by atoms with Gasteiger partial charge in [-0.2, -0.15) is 0 Å². The van der Waals surface area contributed by atoms with Crippen LogP contribution in [0.2, 0.25) is 5.02 Å². The highest BCUT2D eigenvalue weighted by Gasteiger charge is 2.22. The Morgan fingerprint density at radius 3 is 2.48 bits per heavy atom. The van der Waals surface area contributed by atoms with Gasteiger partial charge in [0, 0.05) is 35.3 Å². The molecule has 0 spiro atoms. The van der Waals surface area contributed by atoms with E-state index >= 15 is 0 Å². The van der Waals surface area contributed by atoms with Crippen LogP contribution in [0.5, 0.6) is 5.75 Å². The molecule has 1 heterocycles. The second-order valence-corrected chi connectivity index (χ2v) is 7.05. The van der Waals surface area contributed by atoms with E-state index in [1.807, 2.05) is 19.1 Å². The number of ether oxygens (including phenoxy) is 2. The summed E-state index contributed by atoms with van der Waals surface area (Å²) in [4.78, 5) is 25.6. The highest BCUT2D eigenvalue weighted by atomic mass is 35.5. The number of nitrogens with zero attached hydrogens (tertiary/aromatic N) is 1. The van der Waals surface area contributed by atoms with Crippen LogP contribution < -0.4 is 10.1 Å². The minimum Gasteiger partial charge on any atom is -0.497 e. The van der Waals surface area contributed by atoms with E-state index in [-0.39, 0.29) is 18.2 Å². The Labute approximate surface area is 174 Å². The van der Waals surface area contributed by atoms with Crippen molar-refractivity contribution in [2.24, 2.45) is 0 Å². The van der Waals surface area contributed by atoms with E-state index in [0.717, 1.165) is 22.2 Å². The van der Waals surface area contributed by atoms with Crippen molar-refractivity contribution in [1.82, 2.24) is 9.88 Å². The predicted molar refractivity (Wildman–Crippen MR) is 113 cm³/mol. The van der Waals surface area contributed by atoms with Gasteiger partial charge in [0.1, 0.15) is 5.75 Å². The van der Waals surface area contributed by atoms with Crippen molar-refractivity contribution in [1.29, 1.82) is 0 Å². The number of hydrogen-bond donors (Lipinski definition) is 1. The van der Waals surface area contributed by atoms with E-state index in [9.17, 15) is 9.59 Å². The molecular formula is C22H23ClN2O4. The van der Waals surface area contributed by atoms with Crippen molar-refractivity contribution >= 4 is 34.3 Å². The summed E-state index contributed by atoms with van der Waals surface area (Å²) in [6.07, 6.45) is 0.153. The molecule has 0 radical (unpaired) electrons. The quantitative estimate of drug-likeness (QED) is 0.600. The van der Waals surface area contributed by atoms with Crippen molar-refractivity contribution in [3.8, 4) is 5.75 Å². The van der Waals surface area contributed by atoms with Gasteiger partial charge in [0.05, 0.1) is 25.7 Å². The number of fused-ring (bicyclic) bond motifs is 1. The van der Waals surface area contributed by atoms with E-state index in [1.165, 1.54) is 0 Å². The molecule has 0 aliphatic carbocycles. The molecule has 2 aromatic carbocycles. The third kappa shape index (κ3) is 4.44. The van der Waals surface area contributed by atoms with E-state index < -0.39 is 0 Å². The zero-order valence-electron chi connectivity index (χ0n) is 16.6. The minimum absolute atomic E-state index is 0.133. The molecule has 29 heavy (non-hydrogen) atoms. The van der Waals surface area contributed by atoms with E-state index in [4.69, 9.17) is 21.1 Å². The lowest BCUT2D eigenvalue weighted by molar-refractivity contribution is -0.120. The molecule has 3 rings (SSSR count). The van der Waals surface area contributed by atoms with Gasteiger partial charge in [0.25, 0.3) is 5.91 Å². The molecule has 152 valence electrons. The minimum atomic E-state index is -0.180. The lowest BCUT2D eigenvalue weighted by Crippen LogP contribution is -2.28. The zero-order valence-corrected chi connectivity index (χ0v) is 17.4. The summed E-state index contributed by atoms with van der Waals surface area (Å²) >= 11 is 5.95. The third-order valence-electron chi connectivity index (χ3n) is 4.80. The lowest BCUT2D eigenvalue weighted by atomic mass is 10.1. The van der Waals surface area contributed by atoms with Gasteiger partial charge >= 0.3 is 0 Å². The average Bonchev–Trinajstić information content (AvgIpc) is 2.99. The van der Waals surface area contributed by atoms with Crippen molar-refractivity contribution in [3.63, 3.8) is 0 Å². The number of rotatable bonds is 7. The number of benzene rings is 2. The van der Waals surface area contributed by atoms with Crippen molar-refractivity contribution in [2.45, 2.75) is 13.3 Å². The molecule has 6 nitrogen and oxygen atoms in total. The summed E-state index contributed by atoms with van der Waals surface area (Å²) in [5, 5.41) is 4.20. The molecule has 3 aromatic rings. The number of carbonyl (C=O) groups is 2. The Kier molecular flexibility index (Phi) is 6.56. The molecule has 1 N–H and O–H groups in total. The van der Waals surface area contributed by atoms with E-state index in [0.29, 0.717) is 29.5 Å². The highest BCUT2D eigenvalue weighted by molar-refractivity contribution is 6.30. The first kappa shape index (κ1) is 20.9. The predicted octanol–water partition coefficient (Wildman–Crippen LogP) is 3.61. The number of aromatic nitrogens is 1. The third-order valence-corrected chi connectivity index (χ3v) is 5.05. The van der Waals surface area contributed by atoms with Crippen LogP contribution in [0.15, 0.2) is 42.5 Å². The van der Waals surface area contributed by atoms with Crippen molar-refractivity contribution in [2.75, 3.05) is 27.4 Å². The largest absolute Gasteiger partial charge is 0.497 e. The fourth-order valence-corrected chi connectivity index (χ4v) is 3.44. The van der Waals surface area contributed by atoms with Gasteiger partial charge in [0.15, 0.2) is 0 Å². The summed E-state index contributed by atoms with van der Waals surface area (Å²) in [7, 11) is 3.17. The highest BCUT2D eigenvalue weighted by Crippen LogP contribution is 2.30. The Hall–Kier alpha value is -2.83. The molecule has 0 atom stereocenters. The summed E-state index contributed by atoms with van der Waals surface area (Å²) in [5.74, 6) is 0.348. The van der Waals surface area contributed by atoms with Crippen LogP contribution >= 0.6 is 11.6 Å². The van der Waals surface area contributed by atoms with Gasteiger partial charge in [-0.15, -0.1) is 0 Å². The van der Waals surface area contributed by atoms with Crippen LogP contribution in [0, 0.1) is 6.92 Å². The molecule has 0 fully saturated rings. The number of amides is 1. The van der Waals surface area contributed by atoms with Gasteiger partial charge in [-0.3, -0.25) is 14.2 Å². The van der Waals surface area contributed by atoms with Gasteiger partial charge in [-0.1, -0.05) is 11.6 Å². The monoisotopic (exact) mass is 414 g/mol. The molecule has 0 saturated heterocycles. The molecular weight excluding hydrogens is 392 g/mol. The summed E-state index contributed by atoms with van der Waals surface area (Å²) in [6.45, 7) is 2.72. The van der Waals surface area contributed by atoms with Crippen molar-refractivity contribution < 1.29 is 19.1 Å². The number of carbonyl (C=O) groups excluding carboxylic acids is 2. The van der Waals surface area contributed by atoms with Crippen LogP contribution in [0.4, 0.5) is 0 Å². The van der Waals surface area contributed by atoms with Crippen LogP contribution in [0.3, 0.4) is 0 Å². The number of nitrogens with one attached hydrogen (secondary N) is 1. The van der Waals surface area contributed by atoms with Crippen LogP contribution in [-0.2, 0) is 16.0 Å². The van der Waals surface area contributed by atoms with Gasteiger partial charge in [-0.25, -0.2) is 0 Å². The molecule has 1 amide bonds. The van der Waals surface area contributed by atoms with Crippen molar-refractivity contribution in [3.05, 3.63) is 64.3 Å². The number of methoxy groups -OCH3 is 2. The first-order valence-electron chi connectivity index (χ1n) is 9.20. The number of hydrogen-bond acceptors (Lipinski definition) is 4. The van der Waals surface area contributed by atoms with Gasteiger partial charge in [0.2, 0.25) is 5.91 Å². The maximum atomic E-state index is 13.2. The molecule has 0 unspecified atom stereocenters. The van der Waals surface area contributed by atoms with Crippen LogP contribution in [-0.4, -0.2) is 43.8 Å². The summed E-state index contributed by atoms with van der Waals surface area (Å²) in [6, 6.07) is 12.2. The maximum absolute atomic E-state index is 13.2. The second-order valence-electron chi connectivity index (χ2n) is 6.61. The molecule has 0 bridgehead atoms. The molecule has 1 aromatic heterocycles. The molecule has 7 heteroatoms. The van der Waals surface area contributed by atoms with E-state index in [2.05, 4.69) is 5.32 Å². The zero-order chi connectivity index (χ0) is 21.0. The Balaban J connectivity index is 2.06. The standard InChI is InChI=1S/C22H23ClN2O4/c1-14-18(13-21(26)24-10-11-28-2)19-12-17(29-3)8-9-20(19)25(14)22(27)15-4-6-16(23)7-5-15/h4-9,12H,10-11,13H2,1-3H3,(H,24,26). The fourth-order valence-electron chi connectivity index (χ4n) is 3.31. The lowest BCUT2D eigenvalue weighted by Gasteiger charge is -2.08. The molecule has 0 aliphatic rings. The smallest absolute Gasteiger partial charge is 0.262 e. The second kappa shape index (κ2) is 9.11. The Morgan fingerprint density at radius 1 is 1.10 bits per heavy atom. The summed E-state index contributed by atoms with van der Waals surface area (Å²) in [5.41, 5.74) is 2.75. The van der Waals surface area contributed by atoms with Gasteiger partial charge < -0.3 is 14.8 Å². The van der Waals surface area contributed by atoms with Crippen LogP contribution in [0.25, 0.3) is 10.9 Å². The molecule has 0 saturated carbocycles. The summed E-state index contributed by atoms with van der Waals surface area (Å²) < 4.78 is 11.9. The average molecular weight is 415 g/mol. The molecule has 0 aliphatic heterocycles. The Bertz CT molecular complexity index is 1040. The van der Waals surface area contributed by atoms with Crippen LogP contribution in [0.1, 0.15) is 21.6 Å². The fraction of sp³-hybridized carbons (Fsp3) is 0.273. The Morgan fingerprint density at radius 2 is 1.83 bits per heavy atom. The normalized spacial score (nSPS) is 10.9. The SMILES string of the molecule is COCCNC(=O)Cc1c(C)n(C(=O)c2ccc(Cl)cc2)c2ccc(OC)cc12. The maximum Gasteiger partial charge on any atom is 0.262 e. The first-order valence-corrected chi connectivity index (χ1v) is 9.58. The first-order chi connectivity index (χ1) is 14.0.